The van der Waals surface area contributed by atoms with E-state index in [1.54, 1.807) is 49.5 Å². The Morgan fingerprint density at radius 2 is 2.00 bits per heavy atom. The summed E-state index contributed by atoms with van der Waals surface area (Å²) in [4.78, 5) is 21.1. The van der Waals surface area contributed by atoms with Gasteiger partial charge in [-0.3, -0.25) is 4.79 Å². The van der Waals surface area contributed by atoms with Crippen LogP contribution in [0.1, 0.15) is 12.2 Å². The summed E-state index contributed by atoms with van der Waals surface area (Å²) in [6.45, 7) is -0.00935. The maximum absolute atomic E-state index is 13.1. The van der Waals surface area contributed by atoms with Gasteiger partial charge in [0.1, 0.15) is 11.6 Å². The van der Waals surface area contributed by atoms with Crippen molar-refractivity contribution in [3.05, 3.63) is 48.3 Å². The van der Waals surface area contributed by atoms with Crippen molar-refractivity contribution in [3.63, 3.8) is 0 Å². The summed E-state index contributed by atoms with van der Waals surface area (Å²) in [6.07, 6.45) is -2.78. The Kier molecular flexibility index (Phi) is 3.87. The van der Waals surface area contributed by atoms with Gasteiger partial charge in [-0.2, -0.15) is 0 Å². The highest BCUT2D eigenvalue weighted by molar-refractivity contribution is 5.98. The molecule has 26 heavy (non-hydrogen) atoms. The van der Waals surface area contributed by atoms with Crippen molar-refractivity contribution in [1.29, 1.82) is 0 Å². The third-order valence-corrected chi connectivity index (χ3v) is 4.12. The number of fused-ring (bicyclic) bond motifs is 2. The second-order valence-corrected chi connectivity index (χ2v) is 5.80. The predicted molar refractivity (Wildman–Crippen MR) is 93.1 cm³/mol. The Labute approximate surface area is 147 Å². The number of amides is 1. The lowest BCUT2D eigenvalue weighted by Crippen LogP contribution is -2.35. The van der Waals surface area contributed by atoms with Gasteiger partial charge in [0.25, 0.3) is 12.3 Å². The summed E-state index contributed by atoms with van der Waals surface area (Å²) in [7, 11) is 1.66. The van der Waals surface area contributed by atoms with Crippen LogP contribution in [0.15, 0.2) is 42.5 Å². The van der Waals surface area contributed by atoms with E-state index in [0.29, 0.717) is 28.0 Å². The van der Waals surface area contributed by atoms with E-state index in [1.807, 2.05) is 0 Å². The first kappa shape index (κ1) is 16.2. The minimum absolute atomic E-state index is 0.00935. The topological polar surface area (TPSA) is 67.3 Å². The standard InChI is InChI=1S/C18H14F2N4O2/c1-24-13-8-10(6-7-14(13)26-9-15(24)25)21-17-11-4-2-3-5-12(11)22-18(23-17)16(19)20/h2-8,16H,9H2,1H3,(H,21,22,23). The van der Waals surface area contributed by atoms with Crippen molar-refractivity contribution in [2.24, 2.45) is 0 Å². The number of nitrogens with zero attached hydrogens (tertiary/aromatic N) is 3. The van der Waals surface area contributed by atoms with Gasteiger partial charge in [-0.05, 0) is 30.3 Å². The van der Waals surface area contributed by atoms with E-state index in [9.17, 15) is 13.6 Å². The van der Waals surface area contributed by atoms with Crippen LogP contribution in [-0.4, -0.2) is 29.5 Å². The van der Waals surface area contributed by atoms with Crippen LogP contribution < -0.4 is 15.0 Å². The first-order chi connectivity index (χ1) is 12.5. The summed E-state index contributed by atoms with van der Waals surface area (Å²) < 4.78 is 31.6. The van der Waals surface area contributed by atoms with Gasteiger partial charge in [0.2, 0.25) is 0 Å². The number of carbonyl (C=O) groups is 1. The number of halogens is 2. The zero-order valence-corrected chi connectivity index (χ0v) is 13.7. The van der Waals surface area contributed by atoms with Crippen molar-refractivity contribution >= 4 is 34.0 Å². The lowest BCUT2D eigenvalue weighted by Gasteiger charge is -2.26. The number of nitrogens with one attached hydrogen (secondary N) is 1. The highest BCUT2D eigenvalue weighted by Gasteiger charge is 2.22. The van der Waals surface area contributed by atoms with Crippen molar-refractivity contribution in [2.75, 3.05) is 23.9 Å². The first-order valence-electron chi connectivity index (χ1n) is 7.88. The summed E-state index contributed by atoms with van der Waals surface area (Å²) in [5, 5.41) is 3.67. The molecule has 0 unspecified atom stereocenters. The predicted octanol–water partition coefficient (Wildman–Crippen LogP) is 3.67. The second kappa shape index (κ2) is 6.21. The molecular formula is C18H14F2N4O2. The van der Waals surface area contributed by atoms with Crippen LogP contribution in [0.5, 0.6) is 5.75 Å². The van der Waals surface area contributed by atoms with Crippen LogP contribution in [-0.2, 0) is 4.79 Å². The number of benzene rings is 2. The largest absolute Gasteiger partial charge is 0.482 e. The molecule has 0 radical (unpaired) electrons. The van der Waals surface area contributed by atoms with E-state index in [1.165, 1.54) is 4.90 Å². The van der Waals surface area contributed by atoms with Crippen molar-refractivity contribution in [3.8, 4) is 5.75 Å². The fourth-order valence-corrected chi connectivity index (χ4v) is 2.77. The number of para-hydroxylation sites is 1. The van der Waals surface area contributed by atoms with Gasteiger partial charge in [0.15, 0.2) is 12.4 Å². The number of rotatable bonds is 3. The molecule has 0 aliphatic carbocycles. The number of aromatic nitrogens is 2. The third-order valence-electron chi connectivity index (χ3n) is 4.12. The number of anilines is 3. The van der Waals surface area contributed by atoms with Crippen LogP contribution in [0.3, 0.4) is 0 Å². The summed E-state index contributed by atoms with van der Waals surface area (Å²) >= 11 is 0. The molecular weight excluding hydrogens is 342 g/mol. The molecule has 1 aliphatic heterocycles. The Balaban J connectivity index is 1.77. The summed E-state index contributed by atoms with van der Waals surface area (Å²) in [5.74, 6) is 0.150. The van der Waals surface area contributed by atoms with Crippen molar-refractivity contribution < 1.29 is 18.3 Å². The maximum Gasteiger partial charge on any atom is 0.297 e. The van der Waals surface area contributed by atoms with Gasteiger partial charge in [-0.25, -0.2) is 18.7 Å². The highest BCUT2D eigenvalue weighted by Crippen LogP contribution is 2.35. The van der Waals surface area contributed by atoms with Crippen molar-refractivity contribution in [1.82, 2.24) is 9.97 Å². The molecule has 0 bridgehead atoms. The molecule has 3 aromatic rings. The SMILES string of the molecule is CN1C(=O)COc2ccc(Nc3nc(C(F)F)nc4ccccc34)cc21. The molecule has 0 atom stereocenters. The van der Waals surface area contributed by atoms with Gasteiger partial charge in [0, 0.05) is 18.1 Å². The zero-order valence-electron chi connectivity index (χ0n) is 13.7. The molecule has 1 amide bonds. The average molecular weight is 356 g/mol. The number of ether oxygens (including phenoxy) is 1. The molecule has 4 rings (SSSR count). The normalized spacial score (nSPS) is 13.7. The van der Waals surface area contributed by atoms with Crippen LogP contribution in [0, 0.1) is 0 Å². The van der Waals surface area contributed by atoms with E-state index < -0.39 is 12.2 Å². The molecule has 0 spiro atoms. The fourth-order valence-electron chi connectivity index (χ4n) is 2.77. The average Bonchev–Trinajstić information content (AvgIpc) is 2.65. The van der Waals surface area contributed by atoms with Gasteiger partial charge >= 0.3 is 0 Å². The van der Waals surface area contributed by atoms with Crippen LogP contribution in [0.4, 0.5) is 26.0 Å². The Bertz CT molecular complexity index is 1010. The van der Waals surface area contributed by atoms with Gasteiger partial charge in [-0.1, -0.05) is 12.1 Å². The lowest BCUT2D eigenvalue weighted by molar-refractivity contribution is -0.120. The van der Waals surface area contributed by atoms with Crippen molar-refractivity contribution in [2.45, 2.75) is 6.43 Å². The quantitative estimate of drug-likeness (QED) is 0.776. The number of likely N-dealkylation sites (N-methyl/N-ethyl adjacent to an activating group) is 1. The number of hydrogen-bond acceptors (Lipinski definition) is 5. The monoisotopic (exact) mass is 356 g/mol. The molecule has 0 saturated heterocycles. The minimum atomic E-state index is -2.78. The van der Waals surface area contributed by atoms with Crippen LogP contribution in [0.2, 0.25) is 0 Å². The van der Waals surface area contributed by atoms with Gasteiger partial charge in [0.05, 0.1) is 11.2 Å². The minimum Gasteiger partial charge on any atom is -0.482 e. The molecule has 0 fully saturated rings. The number of carbonyl (C=O) groups excluding carboxylic acids is 1. The molecule has 0 saturated carbocycles. The molecule has 6 nitrogen and oxygen atoms in total. The summed E-state index contributed by atoms with van der Waals surface area (Å²) in [6, 6.07) is 12.1. The smallest absolute Gasteiger partial charge is 0.297 e. The lowest BCUT2D eigenvalue weighted by atomic mass is 10.2. The van der Waals surface area contributed by atoms with Crippen LogP contribution in [0.25, 0.3) is 10.9 Å². The highest BCUT2D eigenvalue weighted by atomic mass is 19.3. The molecule has 2 aromatic carbocycles. The Morgan fingerprint density at radius 3 is 2.81 bits per heavy atom. The second-order valence-electron chi connectivity index (χ2n) is 5.80. The maximum atomic E-state index is 13.1. The molecule has 8 heteroatoms. The fraction of sp³-hybridized carbons (Fsp3) is 0.167. The number of hydrogen-bond donors (Lipinski definition) is 1. The Morgan fingerprint density at radius 1 is 1.19 bits per heavy atom. The molecule has 132 valence electrons. The molecule has 1 N–H and O–H groups in total. The zero-order chi connectivity index (χ0) is 18.3. The first-order valence-corrected chi connectivity index (χ1v) is 7.88. The van der Waals surface area contributed by atoms with Gasteiger partial charge in [-0.15, -0.1) is 0 Å². The van der Waals surface area contributed by atoms with Crippen LogP contribution >= 0.6 is 0 Å². The molecule has 2 heterocycles. The molecule has 1 aromatic heterocycles. The van der Waals surface area contributed by atoms with E-state index >= 15 is 0 Å². The third kappa shape index (κ3) is 2.79. The summed E-state index contributed by atoms with van der Waals surface area (Å²) in [5.41, 5.74) is 1.62. The van der Waals surface area contributed by atoms with E-state index in [-0.39, 0.29) is 18.3 Å². The van der Waals surface area contributed by atoms with E-state index in [4.69, 9.17) is 4.74 Å². The number of alkyl halides is 2. The Hall–Kier alpha value is -3.29. The van der Waals surface area contributed by atoms with E-state index in [2.05, 4.69) is 15.3 Å². The van der Waals surface area contributed by atoms with Gasteiger partial charge < -0.3 is 15.0 Å². The molecule has 1 aliphatic rings. The van der Waals surface area contributed by atoms with E-state index in [0.717, 1.165) is 0 Å².